The Bertz CT molecular complexity index is 341. The van der Waals surface area contributed by atoms with Gasteiger partial charge in [0.2, 0.25) is 0 Å². The molecule has 1 heterocycles. The molecular formula is C16H28N2O3. The SMILES string of the molecule is CCCCCCCCCCC[n+]1ccccc1.O=[N+]([O-])[O-]. The lowest BCUT2D eigenvalue weighted by molar-refractivity contribution is -0.697. The number of hydrogen-bond donors (Lipinski definition) is 0. The second-order valence-electron chi connectivity index (χ2n) is 5.17. The van der Waals surface area contributed by atoms with Crippen molar-refractivity contribution in [1.82, 2.24) is 0 Å². The molecule has 5 nitrogen and oxygen atoms in total. The molecule has 0 amide bonds. The minimum atomic E-state index is -1.75. The summed E-state index contributed by atoms with van der Waals surface area (Å²) in [6, 6.07) is 6.29. The first kappa shape index (κ1) is 19.4. The maximum absolute atomic E-state index is 8.25. The Labute approximate surface area is 127 Å². The maximum atomic E-state index is 8.25. The second kappa shape index (κ2) is 14.8. The summed E-state index contributed by atoms with van der Waals surface area (Å²) in [5.41, 5.74) is 0. The first-order chi connectivity index (χ1) is 10.2. The van der Waals surface area contributed by atoms with E-state index in [1.54, 1.807) is 0 Å². The summed E-state index contributed by atoms with van der Waals surface area (Å²) >= 11 is 0. The molecular weight excluding hydrogens is 268 g/mol. The number of nitrogens with zero attached hydrogens (tertiary/aromatic N) is 2. The molecule has 0 saturated heterocycles. The van der Waals surface area contributed by atoms with Crippen LogP contribution in [0.3, 0.4) is 0 Å². The summed E-state index contributed by atoms with van der Waals surface area (Å²) in [5.74, 6) is 0. The quantitative estimate of drug-likeness (QED) is 0.280. The molecule has 0 N–H and O–H groups in total. The number of rotatable bonds is 10. The fraction of sp³-hybridized carbons (Fsp3) is 0.688. The number of aryl methyl sites for hydroxylation is 1. The predicted octanol–water partition coefficient (Wildman–Crippen LogP) is 4.27. The summed E-state index contributed by atoms with van der Waals surface area (Å²) < 4.78 is 2.28. The number of unbranched alkanes of at least 4 members (excludes halogenated alkanes) is 8. The topological polar surface area (TPSA) is 70.1 Å². The van der Waals surface area contributed by atoms with Crippen LogP contribution in [0.5, 0.6) is 0 Å². The van der Waals surface area contributed by atoms with Crippen LogP contribution in [0.25, 0.3) is 0 Å². The van der Waals surface area contributed by atoms with E-state index < -0.39 is 5.09 Å². The lowest BCUT2D eigenvalue weighted by Gasteiger charge is -2.00. The third kappa shape index (κ3) is 16.3. The van der Waals surface area contributed by atoms with E-state index in [2.05, 4.69) is 42.1 Å². The summed E-state index contributed by atoms with van der Waals surface area (Å²) in [6.45, 7) is 3.46. The third-order valence-corrected chi connectivity index (χ3v) is 3.30. The van der Waals surface area contributed by atoms with Gasteiger partial charge in [-0.25, -0.2) is 4.57 Å². The highest BCUT2D eigenvalue weighted by Crippen LogP contribution is 2.09. The smallest absolute Gasteiger partial charge is 0.168 e. The van der Waals surface area contributed by atoms with Crippen molar-refractivity contribution in [1.29, 1.82) is 0 Å². The fourth-order valence-corrected chi connectivity index (χ4v) is 2.19. The maximum Gasteiger partial charge on any atom is 0.168 e. The molecule has 1 aromatic rings. The van der Waals surface area contributed by atoms with Crippen LogP contribution in [-0.4, -0.2) is 5.09 Å². The monoisotopic (exact) mass is 296 g/mol. The Morgan fingerprint density at radius 3 is 1.71 bits per heavy atom. The van der Waals surface area contributed by atoms with E-state index in [0.717, 1.165) is 0 Å². The van der Waals surface area contributed by atoms with Crippen molar-refractivity contribution < 1.29 is 9.65 Å². The molecule has 0 aliphatic carbocycles. The molecule has 0 unspecified atom stereocenters. The van der Waals surface area contributed by atoms with E-state index in [0.29, 0.717) is 0 Å². The van der Waals surface area contributed by atoms with Crippen LogP contribution in [0.15, 0.2) is 30.6 Å². The lowest BCUT2D eigenvalue weighted by Crippen LogP contribution is -2.32. The Morgan fingerprint density at radius 1 is 0.810 bits per heavy atom. The molecule has 0 fully saturated rings. The number of pyridine rings is 1. The van der Waals surface area contributed by atoms with Crippen molar-refractivity contribution >= 4 is 0 Å². The average Bonchev–Trinajstić information content (AvgIpc) is 2.46. The third-order valence-electron chi connectivity index (χ3n) is 3.30. The minimum Gasteiger partial charge on any atom is -0.356 e. The van der Waals surface area contributed by atoms with Gasteiger partial charge >= 0.3 is 0 Å². The van der Waals surface area contributed by atoms with Crippen molar-refractivity contribution in [2.24, 2.45) is 0 Å². The van der Waals surface area contributed by atoms with Crippen LogP contribution in [-0.2, 0) is 6.54 Å². The molecule has 120 valence electrons. The highest BCUT2D eigenvalue weighted by molar-refractivity contribution is 4.83. The van der Waals surface area contributed by atoms with Gasteiger partial charge in [0, 0.05) is 18.6 Å². The number of hydrogen-bond acceptors (Lipinski definition) is 3. The Balaban J connectivity index is 0.000000885. The van der Waals surface area contributed by atoms with E-state index in [4.69, 9.17) is 15.3 Å². The van der Waals surface area contributed by atoms with E-state index in [1.807, 2.05) is 0 Å². The van der Waals surface area contributed by atoms with Gasteiger partial charge in [-0.3, -0.25) is 0 Å². The van der Waals surface area contributed by atoms with Gasteiger partial charge in [-0.15, -0.1) is 0 Å². The summed E-state index contributed by atoms with van der Waals surface area (Å²) in [4.78, 5) is 8.25. The molecule has 5 heteroatoms. The van der Waals surface area contributed by atoms with Crippen molar-refractivity contribution in [3.63, 3.8) is 0 Å². The zero-order valence-electron chi connectivity index (χ0n) is 13.1. The molecule has 0 aliphatic rings. The molecule has 21 heavy (non-hydrogen) atoms. The first-order valence-corrected chi connectivity index (χ1v) is 7.92. The van der Waals surface area contributed by atoms with Gasteiger partial charge in [0.25, 0.3) is 0 Å². The van der Waals surface area contributed by atoms with Crippen LogP contribution in [0.2, 0.25) is 0 Å². The zero-order valence-corrected chi connectivity index (χ0v) is 13.1. The van der Waals surface area contributed by atoms with Gasteiger partial charge in [0.05, 0.1) is 5.09 Å². The first-order valence-electron chi connectivity index (χ1n) is 7.92. The summed E-state index contributed by atoms with van der Waals surface area (Å²) in [5, 5.41) is 14.8. The van der Waals surface area contributed by atoms with Gasteiger partial charge in [-0.1, -0.05) is 57.9 Å². The molecule has 1 aromatic heterocycles. The molecule has 0 atom stereocenters. The Kier molecular flexibility index (Phi) is 13.6. The molecule has 0 saturated carbocycles. The summed E-state index contributed by atoms with van der Waals surface area (Å²) in [6.07, 6.45) is 17.0. The van der Waals surface area contributed by atoms with Crippen molar-refractivity contribution in [2.45, 2.75) is 71.3 Å². The zero-order chi connectivity index (χ0) is 15.8. The minimum absolute atomic E-state index is 1.18. The molecule has 1 rings (SSSR count). The highest BCUT2D eigenvalue weighted by atomic mass is 16.9. The standard InChI is InChI=1S/C16H28N.NO3/c1-2-3-4-5-6-7-8-9-11-14-17-15-12-10-13-16-17;2-1(3)4/h10,12-13,15-16H,2-9,11,14H2,1H3;/q+1;-1. The molecule has 0 spiro atoms. The van der Waals surface area contributed by atoms with Gasteiger partial charge in [-0.05, 0) is 6.42 Å². The molecule has 0 bridgehead atoms. The van der Waals surface area contributed by atoms with E-state index in [9.17, 15) is 0 Å². The van der Waals surface area contributed by atoms with E-state index in [-0.39, 0.29) is 0 Å². The van der Waals surface area contributed by atoms with E-state index >= 15 is 0 Å². The largest absolute Gasteiger partial charge is 0.356 e. The number of aromatic nitrogens is 1. The van der Waals surface area contributed by atoms with Crippen LogP contribution in [0, 0.1) is 15.3 Å². The molecule has 0 aromatic carbocycles. The van der Waals surface area contributed by atoms with Crippen LogP contribution in [0.1, 0.15) is 64.7 Å². The fourth-order valence-electron chi connectivity index (χ4n) is 2.19. The van der Waals surface area contributed by atoms with Gasteiger partial charge in [-0.2, -0.15) is 0 Å². The van der Waals surface area contributed by atoms with E-state index in [1.165, 1.54) is 64.3 Å². The van der Waals surface area contributed by atoms with Crippen molar-refractivity contribution in [3.8, 4) is 0 Å². The van der Waals surface area contributed by atoms with Crippen LogP contribution < -0.4 is 4.57 Å². The van der Waals surface area contributed by atoms with Gasteiger partial charge in [0.1, 0.15) is 6.54 Å². The van der Waals surface area contributed by atoms with Gasteiger partial charge in [0.15, 0.2) is 12.4 Å². The lowest BCUT2D eigenvalue weighted by atomic mass is 10.1. The highest BCUT2D eigenvalue weighted by Gasteiger charge is 1.97. The molecule has 0 radical (unpaired) electrons. The summed E-state index contributed by atoms with van der Waals surface area (Å²) in [7, 11) is 0. The normalized spacial score (nSPS) is 9.76. The second-order valence-corrected chi connectivity index (χ2v) is 5.17. The average molecular weight is 296 g/mol. The van der Waals surface area contributed by atoms with Crippen molar-refractivity contribution in [2.75, 3.05) is 0 Å². The predicted molar refractivity (Wildman–Crippen MR) is 84.2 cm³/mol. The van der Waals surface area contributed by atoms with Gasteiger partial charge < -0.3 is 15.3 Å². The van der Waals surface area contributed by atoms with Crippen molar-refractivity contribution in [3.05, 3.63) is 45.9 Å². The van der Waals surface area contributed by atoms with Crippen LogP contribution in [0.4, 0.5) is 0 Å². The van der Waals surface area contributed by atoms with Crippen LogP contribution >= 0.6 is 0 Å². The molecule has 0 aliphatic heterocycles. The Hall–Kier alpha value is -1.65. The Morgan fingerprint density at radius 2 is 1.24 bits per heavy atom.